The second kappa shape index (κ2) is 11.8. The summed E-state index contributed by atoms with van der Waals surface area (Å²) in [6.07, 6.45) is 0. The maximum atomic E-state index is 4.40. The van der Waals surface area contributed by atoms with E-state index in [0.717, 1.165) is 51.1 Å². The quantitative estimate of drug-likeness (QED) is 0.231. The van der Waals surface area contributed by atoms with Crippen LogP contribution in [-0.2, 0) is 0 Å². The lowest BCUT2D eigenvalue weighted by molar-refractivity contribution is 1.13. The topological polar surface area (TPSA) is 80.6 Å². The van der Waals surface area contributed by atoms with Gasteiger partial charge in [-0.05, 0) is 103 Å². The van der Waals surface area contributed by atoms with Crippen molar-refractivity contribution in [2.24, 2.45) is 30.7 Å². The Morgan fingerprint density at radius 2 is 0.730 bits per heavy atom. The second-order valence-electron chi connectivity index (χ2n) is 8.91. The fraction of sp³-hybridized carbons (Fsp3) is 0.172. The molecule has 0 aliphatic heterocycles. The van der Waals surface area contributed by atoms with Crippen molar-refractivity contribution >= 4 is 45.5 Å². The maximum absolute atomic E-state index is 4.40. The molecule has 4 aromatic rings. The van der Waals surface area contributed by atoms with Gasteiger partial charge in [0.15, 0.2) is 0 Å². The van der Waals surface area contributed by atoms with Gasteiger partial charge in [0.1, 0.15) is 0 Å². The summed E-state index contributed by atoms with van der Waals surface area (Å²) in [6, 6.07) is 29.0. The monoisotopic (exact) mass is 490 g/mol. The molecule has 0 N–H and O–H groups in total. The molecule has 4 aromatic carbocycles. The zero-order valence-corrected chi connectivity index (χ0v) is 21.7. The lowest BCUT2D eigenvalue weighted by Crippen LogP contribution is -2.07. The first kappa shape index (κ1) is 25.4. The Balaban J connectivity index is 1.37. The van der Waals surface area contributed by atoms with Gasteiger partial charge in [0.05, 0.1) is 34.1 Å². The van der Waals surface area contributed by atoms with Crippen LogP contribution in [0.5, 0.6) is 0 Å². The summed E-state index contributed by atoms with van der Waals surface area (Å²) in [6.45, 7) is 1.98. The number of hydrogen-bond donors (Lipinski definition) is 0. The van der Waals surface area contributed by atoms with Crippen LogP contribution >= 0.6 is 0 Å². The smallest absolute Gasteiger partial charge is 0.0887 e. The molecule has 0 saturated carbocycles. The van der Waals surface area contributed by atoms with E-state index in [0.29, 0.717) is 0 Å². The van der Waals surface area contributed by atoms with Gasteiger partial charge in [-0.1, -0.05) is 0 Å². The molecule has 0 aromatic heterocycles. The first-order valence-corrected chi connectivity index (χ1v) is 11.9. The van der Waals surface area contributed by atoms with Crippen molar-refractivity contribution in [2.75, 3.05) is 38.0 Å². The molecule has 8 heteroatoms. The van der Waals surface area contributed by atoms with Crippen molar-refractivity contribution in [2.45, 2.75) is 6.92 Å². The van der Waals surface area contributed by atoms with E-state index in [2.05, 4.69) is 30.7 Å². The average Bonchev–Trinajstić information content (AvgIpc) is 2.91. The van der Waals surface area contributed by atoms with Crippen LogP contribution in [0.2, 0.25) is 0 Å². The van der Waals surface area contributed by atoms with E-state index in [1.54, 1.807) is 0 Å². The van der Waals surface area contributed by atoms with Crippen molar-refractivity contribution in [1.29, 1.82) is 0 Å². The Morgan fingerprint density at radius 1 is 0.405 bits per heavy atom. The molecule has 0 bridgehead atoms. The molecule has 4 rings (SSSR count). The molecule has 0 unspecified atom stereocenters. The molecule has 0 aliphatic carbocycles. The number of azo groups is 3. The molecule has 0 radical (unpaired) electrons. The largest absolute Gasteiger partial charge is 0.378 e. The van der Waals surface area contributed by atoms with Gasteiger partial charge < -0.3 is 9.80 Å². The van der Waals surface area contributed by atoms with Crippen molar-refractivity contribution in [3.63, 3.8) is 0 Å². The minimum absolute atomic E-state index is 0.735. The summed E-state index contributed by atoms with van der Waals surface area (Å²) in [5.74, 6) is 0. The molecule has 0 aliphatic rings. The van der Waals surface area contributed by atoms with Crippen LogP contribution < -0.4 is 9.80 Å². The van der Waals surface area contributed by atoms with Gasteiger partial charge in [0.2, 0.25) is 0 Å². The molecule has 37 heavy (non-hydrogen) atoms. The summed E-state index contributed by atoms with van der Waals surface area (Å²) in [5, 5.41) is 26.0. The lowest BCUT2D eigenvalue weighted by atomic mass is 10.2. The molecule has 0 atom stereocenters. The van der Waals surface area contributed by atoms with Crippen LogP contribution in [0, 0.1) is 6.92 Å². The van der Waals surface area contributed by atoms with Gasteiger partial charge in [-0.15, -0.1) is 0 Å². The molecule has 0 spiro atoms. The number of nitrogens with zero attached hydrogens (tertiary/aromatic N) is 8. The number of rotatable bonds is 8. The van der Waals surface area contributed by atoms with E-state index >= 15 is 0 Å². The van der Waals surface area contributed by atoms with Gasteiger partial charge in [-0.3, -0.25) is 0 Å². The highest BCUT2D eigenvalue weighted by atomic mass is 15.1. The van der Waals surface area contributed by atoms with Crippen LogP contribution in [0.1, 0.15) is 5.56 Å². The second-order valence-corrected chi connectivity index (χ2v) is 8.91. The summed E-state index contributed by atoms with van der Waals surface area (Å²) < 4.78 is 0. The van der Waals surface area contributed by atoms with E-state index in [1.807, 2.05) is 136 Å². The van der Waals surface area contributed by atoms with Crippen molar-refractivity contribution in [3.05, 3.63) is 96.6 Å². The average molecular weight is 491 g/mol. The first-order valence-electron chi connectivity index (χ1n) is 11.9. The highest BCUT2D eigenvalue weighted by Gasteiger charge is 2.01. The maximum Gasteiger partial charge on any atom is 0.0887 e. The van der Waals surface area contributed by atoms with E-state index in [4.69, 9.17) is 0 Å². The van der Waals surface area contributed by atoms with Crippen LogP contribution in [-0.4, -0.2) is 28.2 Å². The fourth-order valence-electron chi connectivity index (χ4n) is 3.38. The number of aryl methyl sites for hydroxylation is 1. The Kier molecular flexibility index (Phi) is 8.10. The van der Waals surface area contributed by atoms with Crippen LogP contribution in [0.25, 0.3) is 0 Å². The van der Waals surface area contributed by atoms with Crippen LogP contribution in [0.4, 0.5) is 45.5 Å². The highest BCUT2D eigenvalue weighted by molar-refractivity contribution is 5.56. The molecule has 0 saturated heterocycles. The molecule has 0 amide bonds. The van der Waals surface area contributed by atoms with E-state index in [1.165, 1.54) is 0 Å². The van der Waals surface area contributed by atoms with Gasteiger partial charge in [-0.25, -0.2) is 0 Å². The van der Waals surface area contributed by atoms with Crippen LogP contribution in [0.15, 0.2) is 122 Å². The normalized spacial score (nSPS) is 11.6. The van der Waals surface area contributed by atoms with Gasteiger partial charge in [-0.2, -0.15) is 30.7 Å². The predicted molar refractivity (Wildman–Crippen MR) is 152 cm³/mol. The zero-order chi connectivity index (χ0) is 26.2. The Hall–Kier alpha value is -4.72. The predicted octanol–water partition coefficient (Wildman–Crippen LogP) is 9.37. The lowest BCUT2D eigenvalue weighted by Gasteiger charge is -2.11. The molecule has 8 nitrogen and oxygen atoms in total. The standard InChI is InChI=1S/C29H30N8/c1-21-20-26(34-32-25-12-17-28(18-13-25)37(4)5)14-19-29(21)35-33-23-8-6-22(7-9-23)30-31-24-10-15-27(16-11-24)36(2)3/h6-20H,1-5H3/b31-30?,34-32?,35-33+. The summed E-state index contributed by atoms with van der Waals surface area (Å²) in [4.78, 5) is 4.09. The third kappa shape index (κ3) is 7.14. The Labute approximate surface area is 217 Å². The minimum Gasteiger partial charge on any atom is -0.378 e. The van der Waals surface area contributed by atoms with Crippen molar-refractivity contribution < 1.29 is 0 Å². The molecular weight excluding hydrogens is 460 g/mol. The number of benzene rings is 4. The zero-order valence-electron chi connectivity index (χ0n) is 21.7. The molecular formula is C29H30N8. The third-order valence-corrected chi connectivity index (χ3v) is 5.60. The summed E-state index contributed by atoms with van der Waals surface area (Å²) in [7, 11) is 8.03. The number of anilines is 2. The Morgan fingerprint density at radius 3 is 1.11 bits per heavy atom. The molecule has 186 valence electrons. The summed E-state index contributed by atoms with van der Waals surface area (Å²) >= 11 is 0. The first-order chi connectivity index (χ1) is 17.9. The van der Waals surface area contributed by atoms with E-state index in [-0.39, 0.29) is 0 Å². The van der Waals surface area contributed by atoms with Gasteiger partial charge in [0.25, 0.3) is 0 Å². The fourth-order valence-corrected chi connectivity index (χ4v) is 3.38. The molecule has 0 fully saturated rings. The summed E-state index contributed by atoms with van der Waals surface area (Å²) in [5.41, 5.74) is 7.83. The van der Waals surface area contributed by atoms with Crippen LogP contribution in [0.3, 0.4) is 0 Å². The van der Waals surface area contributed by atoms with Gasteiger partial charge in [0, 0.05) is 39.6 Å². The SMILES string of the molecule is Cc1cc(N=Nc2ccc(N(C)C)cc2)ccc1/N=N/c1ccc(N=Nc2ccc(N(C)C)cc2)cc1. The van der Waals surface area contributed by atoms with Crippen molar-refractivity contribution in [1.82, 2.24) is 0 Å². The third-order valence-electron chi connectivity index (χ3n) is 5.60. The Bertz CT molecular complexity index is 1400. The van der Waals surface area contributed by atoms with Gasteiger partial charge >= 0.3 is 0 Å². The van der Waals surface area contributed by atoms with E-state index < -0.39 is 0 Å². The number of hydrogen-bond acceptors (Lipinski definition) is 8. The van der Waals surface area contributed by atoms with E-state index in [9.17, 15) is 0 Å². The highest BCUT2D eigenvalue weighted by Crippen LogP contribution is 2.29. The molecule has 0 heterocycles. The van der Waals surface area contributed by atoms with Crippen molar-refractivity contribution in [3.8, 4) is 0 Å². The minimum atomic E-state index is 0.735.